The molecule has 0 saturated heterocycles. The van der Waals surface area contributed by atoms with E-state index >= 15 is 0 Å². The molecule has 0 bridgehead atoms. The van der Waals surface area contributed by atoms with Crippen LogP contribution in [0.3, 0.4) is 0 Å². The molecule has 8 rings (SSSR count). The van der Waals surface area contributed by atoms with Gasteiger partial charge in [-0.3, -0.25) is 0 Å². The number of furan rings is 1. The highest BCUT2D eigenvalue weighted by Crippen LogP contribution is 2.38. The maximum atomic E-state index is 6.40. The number of nitrogens with zero attached hydrogens (tertiary/aromatic N) is 3. The lowest BCUT2D eigenvalue weighted by Gasteiger charge is -2.08. The van der Waals surface area contributed by atoms with Crippen molar-refractivity contribution in [3.05, 3.63) is 127 Å². The van der Waals surface area contributed by atoms with Crippen LogP contribution in [0.2, 0.25) is 5.28 Å². The number of aromatic nitrogens is 3. The van der Waals surface area contributed by atoms with E-state index in [2.05, 4.69) is 93.4 Å². The van der Waals surface area contributed by atoms with Crippen LogP contribution < -0.4 is 0 Å². The van der Waals surface area contributed by atoms with Crippen molar-refractivity contribution in [1.82, 2.24) is 14.5 Å². The molecule has 3 aromatic heterocycles. The fourth-order valence-corrected chi connectivity index (χ4v) is 5.76. The summed E-state index contributed by atoms with van der Waals surface area (Å²) in [5.41, 5.74) is 9.45. The maximum Gasteiger partial charge on any atom is 0.223 e. The zero-order valence-electron chi connectivity index (χ0n) is 20.7. The molecular formula is C34H20ClN3O. The van der Waals surface area contributed by atoms with Crippen LogP contribution in [-0.2, 0) is 0 Å². The summed E-state index contributed by atoms with van der Waals surface area (Å²) >= 11 is 6.40. The molecule has 0 unspecified atom stereocenters. The summed E-state index contributed by atoms with van der Waals surface area (Å²) in [6.07, 6.45) is 0. The Morgan fingerprint density at radius 3 is 2.05 bits per heavy atom. The van der Waals surface area contributed by atoms with Crippen LogP contribution in [0.4, 0.5) is 0 Å². The monoisotopic (exact) mass is 521 g/mol. The Hall–Kier alpha value is -4.93. The number of hydrogen-bond donors (Lipinski definition) is 0. The molecule has 0 amide bonds. The van der Waals surface area contributed by atoms with Gasteiger partial charge in [0.05, 0.1) is 11.0 Å². The summed E-state index contributed by atoms with van der Waals surface area (Å²) in [5.74, 6) is 0. The maximum absolute atomic E-state index is 6.40. The van der Waals surface area contributed by atoms with Gasteiger partial charge < -0.3 is 8.98 Å². The smallest absolute Gasteiger partial charge is 0.223 e. The summed E-state index contributed by atoms with van der Waals surface area (Å²) in [6.45, 7) is 0. The molecule has 4 nitrogen and oxygen atoms in total. The molecule has 5 heteroatoms. The molecule has 3 heterocycles. The molecule has 0 aliphatic rings. The van der Waals surface area contributed by atoms with E-state index in [4.69, 9.17) is 16.0 Å². The second kappa shape index (κ2) is 8.55. The van der Waals surface area contributed by atoms with Gasteiger partial charge in [-0.2, -0.15) is 0 Å². The van der Waals surface area contributed by atoms with Crippen LogP contribution in [0.1, 0.15) is 0 Å². The molecular weight excluding hydrogens is 502 g/mol. The minimum atomic E-state index is 0.199. The van der Waals surface area contributed by atoms with Crippen LogP contribution in [0.5, 0.6) is 0 Å². The SMILES string of the molecule is Clc1nc(-c2ccccc2)c2oc3ccc(-c4ccc5c(c4)c4ccccc4n5-c4ccccc4)cc3c2n1. The van der Waals surface area contributed by atoms with Crippen molar-refractivity contribution in [3.63, 3.8) is 0 Å². The molecule has 0 radical (unpaired) electrons. The predicted octanol–water partition coefficient (Wildman–Crippen LogP) is 9.46. The summed E-state index contributed by atoms with van der Waals surface area (Å²) in [7, 11) is 0. The summed E-state index contributed by atoms with van der Waals surface area (Å²) in [4.78, 5) is 9.07. The van der Waals surface area contributed by atoms with Crippen molar-refractivity contribution in [2.75, 3.05) is 0 Å². The number of halogens is 1. The third-order valence-corrected chi connectivity index (χ3v) is 7.52. The minimum Gasteiger partial charge on any atom is -0.452 e. The first-order valence-corrected chi connectivity index (χ1v) is 13.2. The number of fused-ring (bicyclic) bond motifs is 6. The minimum absolute atomic E-state index is 0.199. The molecule has 0 fully saturated rings. The van der Waals surface area contributed by atoms with Crippen LogP contribution in [0.25, 0.3) is 71.9 Å². The molecule has 8 aromatic rings. The average Bonchev–Trinajstić information content (AvgIpc) is 3.52. The second-order valence-corrected chi connectivity index (χ2v) is 9.96. The van der Waals surface area contributed by atoms with Gasteiger partial charge in [-0.15, -0.1) is 0 Å². The Balaban J connectivity index is 1.34. The highest BCUT2D eigenvalue weighted by molar-refractivity contribution is 6.29. The van der Waals surface area contributed by atoms with E-state index in [1.54, 1.807) is 0 Å². The van der Waals surface area contributed by atoms with Gasteiger partial charge in [-0.25, -0.2) is 9.97 Å². The molecule has 0 spiro atoms. The number of para-hydroxylation sites is 2. The lowest BCUT2D eigenvalue weighted by Crippen LogP contribution is -1.92. The van der Waals surface area contributed by atoms with Crippen LogP contribution in [0, 0.1) is 0 Å². The predicted molar refractivity (Wildman–Crippen MR) is 160 cm³/mol. The Morgan fingerprint density at radius 2 is 1.23 bits per heavy atom. The summed E-state index contributed by atoms with van der Waals surface area (Å²) in [5, 5.41) is 3.54. The lowest BCUT2D eigenvalue weighted by molar-refractivity contribution is 0.667. The van der Waals surface area contributed by atoms with Crippen molar-refractivity contribution >= 4 is 55.5 Å². The van der Waals surface area contributed by atoms with Crippen LogP contribution >= 0.6 is 11.6 Å². The van der Waals surface area contributed by atoms with E-state index in [1.807, 2.05) is 42.5 Å². The zero-order valence-corrected chi connectivity index (χ0v) is 21.4. The van der Waals surface area contributed by atoms with Gasteiger partial charge in [0, 0.05) is 27.4 Å². The highest BCUT2D eigenvalue weighted by atomic mass is 35.5. The molecule has 184 valence electrons. The van der Waals surface area contributed by atoms with E-state index in [0.717, 1.165) is 33.3 Å². The molecule has 0 aliphatic heterocycles. The normalized spacial score (nSPS) is 11.7. The van der Waals surface area contributed by atoms with Gasteiger partial charge >= 0.3 is 0 Å². The molecule has 0 atom stereocenters. The fourth-order valence-electron chi connectivity index (χ4n) is 5.60. The van der Waals surface area contributed by atoms with E-state index in [9.17, 15) is 0 Å². The lowest BCUT2D eigenvalue weighted by atomic mass is 10.0. The van der Waals surface area contributed by atoms with E-state index in [-0.39, 0.29) is 5.28 Å². The average molecular weight is 522 g/mol. The summed E-state index contributed by atoms with van der Waals surface area (Å²) < 4.78 is 8.60. The van der Waals surface area contributed by atoms with Crippen molar-refractivity contribution in [3.8, 4) is 28.1 Å². The third-order valence-electron chi connectivity index (χ3n) is 7.35. The highest BCUT2D eigenvalue weighted by Gasteiger charge is 2.18. The largest absolute Gasteiger partial charge is 0.452 e. The molecule has 0 saturated carbocycles. The number of benzene rings is 5. The van der Waals surface area contributed by atoms with Crippen molar-refractivity contribution in [2.45, 2.75) is 0 Å². The Morgan fingerprint density at radius 1 is 0.564 bits per heavy atom. The molecule has 5 aromatic carbocycles. The molecule has 39 heavy (non-hydrogen) atoms. The van der Waals surface area contributed by atoms with E-state index in [1.165, 1.54) is 21.8 Å². The molecule has 0 aliphatic carbocycles. The number of rotatable bonds is 3. The Kier molecular flexibility index (Phi) is 4.84. The Labute approximate surface area is 228 Å². The Bertz CT molecular complexity index is 2180. The van der Waals surface area contributed by atoms with Gasteiger partial charge in [0.25, 0.3) is 0 Å². The van der Waals surface area contributed by atoms with Gasteiger partial charge in [0.15, 0.2) is 5.58 Å². The number of hydrogen-bond acceptors (Lipinski definition) is 3. The first kappa shape index (κ1) is 22.1. The quantitative estimate of drug-likeness (QED) is 0.217. The summed E-state index contributed by atoms with van der Waals surface area (Å²) in [6, 6.07) is 41.9. The van der Waals surface area contributed by atoms with Gasteiger partial charge in [-0.1, -0.05) is 78.9 Å². The van der Waals surface area contributed by atoms with Gasteiger partial charge in [0.1, 0.15) is 16.8 Å². The van der Waals surface area contributed by atoms with Gasteiger partial charge in [0.2, 0.25) is 5.28 Å². The second-order valence-electron chi connectivity index (χ2n) is 9.62. The first-order valence-electron chi connectivity index (χ1n) is 12.8. The topological polar surface area (TPSA) is 43.9 Å². The van der Waals surface area contributed by atoms with Crippen LogP contribution in [-0.4, -0.2) is 14.5 Å². The van der Waals surface area contributed by atoms with Crippen molar-refractivity contribution in [1.29, 1.82) is 0 Å². The molecule has 0 N–H and O–H groups in total. The zero-order chi connectivity index (χ0) is 25.9. The van der Waals surface area contributed by atoms with Crippen molar-refractivity contribution in [2.24, 2.45) is 0 Å². The van der Waals surface area contributed by atoms with Crippen LogP contribution in [0.15, 0.2) is 126 Å². The third kappa shape index (κ3) is 3.46. The fraction of sp³-hybridized carbons (Fsp3) is 0. The van der Waals surface area contributed by atoms with E-state index < -0.39 is 0 Å². The van der Waals surface area contributed by atoms with E-state index in [0.29, 0.717) is 16.8 Å². The van der Waals surface area contributed by atoms with Crippen molar-refractivity contribution < 1.29 is 4.42 Å². The standard InChI is InChI=1S/C34H20ClN3O/c35-34-36-31(21-9-3-1-4-10-21)33-32(37-34)27-20-23(16-18-30(27)39-33)22-15-17-29-26(19-22)25-13-7-8-14-28(25)38(29)24-11-5-2-6-12-24/h1-20H. The first-order chi connectivity index (χ1) is 19.2. The van der Waals surface area contributed by atoms with Gasteiger partial charge in [-0.05, 0) is 65.2 Å².